The van der Waals surface area contributed by atoms with E-state index in [-0.39, 0.29) is 29.6 Å². The molecule has 2 aromatic rings. The van der Waals surface area contributed by atoms with Gasteiger partial charge < -0.3 is 24.8 Å². The Bertz CT molecular complexity index is 904. The summed E-state index contributed by atoms with van der Waals surface area (Å²) in [7, 11) is 0. The molecule has 1 atom stereocenters. The van der Waals surface area contributed by atoms with Crippen molar-refractivity contribution in [3.05, 3.63) is 42.0 Å². The predicted octanol–water partition coefficient (Wildman–Crippen LogP) is 3.66. The number of nitrogens with one attached hydrogen (secondary N) is 2. The number of rotatable bonds is 6. The fourth-order valence-electron chi connectivity index (χ4n) is 2.60. The third-order valence-electron chi connectivity index (χ3n) is 3.89. The van der Waals surface area contributed by atoms with E-state index >= 15 is 0 Å². The van der Waals surface area contributed by atoms with Gasteiger partial charge in [-0.25, -0.2) is 0 Å². The normalized spacial score (nSPS) is 15.3. The van der Waals surface area contributed by atoms with Crippen LogP contribution in [0.15, 0.2) is 36.4 Å². The highest BCUT2D eigenvalue weighted by molar-refractivity contribution is 6.05. The summed E-state index contributed by atoms with van der Waals surface area (Å²) in [6.07, 6.45) is -0.598. The van der Waals surface area contributed by atoms with Crippen LogP contribution in [0, 0.1) is 0 Å². The maximum Gasteiger partial charge on any atom is 0.387 e. The second-order valence-corrected chi connectivity index (χ2v) is 5.89. The Morgan fingerprint density at radius 3 is 2.75 bits per heavy atom. The summed E-state index contributed by atoms with van der Waals surface area (Å²) in [5, 5.41) is 5.37. The average Bonchev–Trinajstić information content (AvgIpc) is 2.64. The molecule has 0 aromatic heterocycles. The van der Waals surface area contributed by atoms with Gasteiger partial charge in [0, 0.05) is 11.3 Å². The van der Waals surface area contributed by atoms with E-state index in [0.29, 0.717) is 17.1 Å². The molecule has 0 fully saturated rings. The summed E-state index contributed by atoms with van der Waals surface area (Å²) in [4.78, 5) is 24.2. The van der Waals surface area contributed by atoms with E-state index in [9.17, 15) is 18.4 Å². The van der Waals surface area contributed by atoms with Crippen molar-refractivity contribution in [2.75, 3.05) is 17.2 Å². The van der Waals surface area contributed by atoms with Gasteiger partial charge in [0.1, 0.15) is 5.75 Å². The summed E-state index contributed by atoms with van der Waals surface area (Å²) in [5.41, 5.74) is 1.06. The molecule has 3 rings (SSSR count). The van der Waals surface area contributed by atoms with Crippen LogP contribution < -0.4 is 24.8 Å². The number of anilines is 2. The Hall–Kier alpha value is -3.36. The summed E-state index contributed by atoms with van der Waals surface area (Å²) < 4.78 is 40.1. The lowest BCUT2D eigenvalue weighted by Gasteiger charge is -2.23. The molecule has 2 N–H and O–H groups in total. The first-order valence-electron chi connectivity index (χ1n) is 8.52. The zero-order valence-corrected chi connectivity index (χ0v) is 15.1. The van der Waals surface area contributed by atoms with Crippen molar-refractivity contribution in [1.29, 1.82) is 0 Å². The molecule has 0 radical (unpaired) electrons. The molecule has 1 aliphatic rings. The minimum absolute atomic E-state index is 0.0375. The molecule has 7 nitrogen and oxygen atoms in total. The van der Waals surface area contributed by atoms with Crippen LogP contribution >= 0.6 is 0 Å². The van der Waals surface area contributed by atoms with Crippen molar-refractivity contribution in [1.82, 2.24) is 0 Å². The lowest BCUT2D eigenvalue weighted by atomic mass is 10.1. The summed E-state index contributed by atoms with van der Waals surface area (Å²) in [6.45, 7) is 0.525. The van der Waals surface area contributed by atoms with Gasteiger partial charge in [-0.15, -0.1) is 0 Å². The molecular formula is C19H18F2N2O5. The third-order valence-corrected chi connectivity index (χ3v) is 3.89. The molecule has 0 bridgehead atoms. The Morgan fingerprint density at radius 1 is 1.25 bits per heavy atom. The Morgan fingerprint density at radius 2 is 2.04 bits per heavy atom. The monoisotopic (exact) mass is 392 g/mol. The molecular weight excluding hydrogens is 374 g/mol. The van der Waals surface area contributed by atoms with Crippen molar-refractivity contribution in [3.8, 4) is 17.2 Å². The molecule has 2 amide bonds. The Balaban J connectivity index is 1.78. The smallest absolute Gasteiger partial charge is 0.387 e. The first-order valence-corrected chi connectivity index (χ1v) is 8.52. The number of alkyl halides is 2. The van der Waals surface area contributed by atoms with Gasteiger partial charge in [0.15, 0.2) is 17.6 Å². The zero-order valence-electron chi connectivity index (χ0n) is 15.1. The van der Waals surface area contributed by atoms with Crippen molar-refractivity contribution >= 4 is 23.2 Å². The minimum Gasteiger partial charge on any atom is -0.490 e. The van der Waals surface area contributed by atoms with Crippen LogP contribution in [0.1, 0.15) is 24.2 Å². The second-order valence-electron chi connectivity index (χ2n) is 5.89. The molecule has 0 aliphatic carbocycles. The van der Waals surface area contributed by atoms with Crippen LogP contribution in [0.3, 0.4) is 0 Å². The van der Waals surface area contributed by atoms with Gasteiger partial charge in [-0.1, -0.05) is 0 Å². The quantitative estimate of drug-likeness (QED) is 0.784. The number of hydrogen-bond acceptors (Lipinski definition) is 5. The molecule has 148 valence electrons. The van der Waals surface area contributed by atoms with E-state index in [0.717, 1.165) is 0 Å². The average molecular weight is 392 g/mol. The number of benzene rings is 2. The van der Waals surface area contributed by atoms with Gasteiger partial charge >= 0.3 is 6.61 Å². The topological polar surface area (TPSA) is 85.9 Å². The summed E-state index contributed by atoms with van der Waals surface area (Å²) >= 11 is 0. The molecule has 9 heteroatoms. The van der Waals surface area contributed by atoms with E-state index in [4.69, 9.17) is 9.47 Å². The van der Waals surface area contributed by atoms with Crippen molar-refractivity contribution in [2.24, 2.45) is 0 Å². The number of ether oxygens (including phenoxy) is 3. The van der Waals surface area contributed by atoms with E-state index in [1.54, 1.807) is 32.0 Å². The maximum absolute atomic E-state index is 12.5. The SMILES string of the molecule is CCOc1cc(C(=O)Nc2ccc3c(c2)NC(=O)[C@@H](C)O3)ccc1OC(F)F. The van der Waals surface area contributed by atoms with Crippen LogP contribution in [0.4, 0.5) is 20.2 Å². The highest BCUT2D eigenvalue weighted by Crippen LogP contribution is 2.33. The summed E-state index contributed by atoms with van der Waals surface area (Å²) in [6, 6.07) is 8.73. The highest BCUT2D eigenvalue weighted by Gasteiger charge is 2.24. The fraction of sp³-hybridized carbons (Fsp3) is 0.263. The van der Waals surface area contributed by atoms with Gasteiger partial charge in [0.05, 0.1) is 12.3 Å². The van der Waals surface area contributed by atoms with E-state index in [1.807, 2.05) is 0 Å². The minimum atomic E-state index is -3.01. The largest absolute Gasteiger partial charge is 0.490 e. The third kappa shape index (κ3) is 4.30. The van der Waals surface area contributed by atoms with E-state index < -0.39 is 18.6 Å². The van der Waals surface area contributed by atoms with E-state index in [2.05, 4.69) is 15.4 Å². The molecule has 0 saturated heterocycles. The van der Waals surface area contributed by atoms with Crippen LogP contribution in [-0.4, -0.2) is 31.1 Å². The van der Waals surface area contributed by atoms with Crippen molar-refractivity contribution in [3.63, 3.8) is 0 Å². The first kappa shape index (κ1) is 19.4. The first-order chi connectivity index (χ1) is 13.4. The molecule has 1 heterocycles. The Kier molecular flexibility index (Phi) is 5.62. The molecule has 0 spiro atoms. The number of carbonyl (C=O) groups excluding carboxylic acids is 2. The standard InChI is InChI=1S/C19H18F2N2O5/c1-3-26-16-8-11(4-6-15(16)28-19(20)21)18(25)22-12-5-7-14-13(9-12)23-17(24)10(2)27-14/h4-10,19H,3H2,1-2H3,(H,22,25)(H,23,24)/t10-/m1/s1. The Labute approximate surface area is 159 Å². The molecule has 2 aromatic carbocycles. The van der Waals surface area contributed by atoms with Gasteiger partial charge in [-0.05, 0) is 50.2 Å². The summed E-state index contributed by atoms with van der Waals surface area (Å²) in [5.74, 6) is -0.392. The molecule has 28 heavy (non-hydrogen) atoms. The number of halogens is 2. The number of amides is 2. The molecule has 0 unspecified atom stereocenters. The lowest BCUT2D eigenvalue weighted by molar-refractivity contribution is -0.122. The number of hydrogen-bond donors (Lipinski definition) is 2. The number of carbonyl (C=O) groups is 2. The van der Waals surface area contributed by atoms with Crippen LogP contribution in [0.2, 0.25) is 0 Å². The van der Waals surface area contributed by atoms with Gasteiger partial charge in [-0.2, -0.15) is 8.78 Å². The van der Waals surface area contributed by atoms with Crippen molar-refractivity contribution in [2.45, 2.75) is 26.6 Å². The van der Waals surface area contributed by atoms with Crippen LogP contribution in [-0.2, 0) is 4.79 Å². The van der Waals surface area contributed by atoms with Crippen molar-refractivity contribution < 1.29 is 32.6 Å². The second kappa shape index (κ2) is 8.12. The highest BCUT2D eigenvalue weighted by atomic mass is 19.3. The molecule has 1 aliphatic heterocycles. The predicted molar refractivity (Wildman–Crippen MR) is 97.4 cm³/mol. The van der Waals surface area contributed by atoms with Crippen LogP contribution in [0.25, 0.3) is 0 Å². The maximum atomic E-state index is 12.5. The van der Waals surface area contributed by atoms with Gasteiger partial charge in [-0.3, -0.25) is 9.59 Å². The van der Waals surface area contributed by atoms with Gasteiger partial charge in [0.2, 0.25) is 0 Å². The number of fused-ring (bicyclic) bond motifs is 1. The molecule has 0 saturated carbocycles. The van der Waals surface area contributed by atoms with Gasteiger partial charge in [0.25, 0.3) is 11.8 Å². The lowest BCUT2D eigenvalue weighted by Crippen LogP contribution is -2.34. The zero-order chi connectivity index (χ0) is 20.3. The van der Waals surface area contributed by atoms with Crippen LogP contribution in [0.5, 0.6) is 17.2 Å². The fourth-order valence-corrected chi connectivity index (χ4v) is 2.60. The van der Waals surface area contributed by atoms with E-state index in [1.165, 1.54) is 18.2 Å².